The van der Waals surface area contributed by atoms with E-state index in [2.05, 4.69) is 10.4 Å². The molecule has 0 saturated heterocycles. The largest absolute Gasteiger partial charge is 0.480 e. The third-order valence-electron chi connectivity index (χ3n) is 4.15. The van der Waals surface area contributed by atoms with E-state index < -0.39 is 29.7 Å². The second kappa shape index (κ2) is 6.47. The summed E-state index contributed by atoms with van der Waals surface area (Å²) in [5.41, 5.74) is 0.0715. The Morgan fingerprint density at radius 2 is 2.04 bits per heavy atom. The molecule has 1 aliphatic carbocycles. The molecular weight excluding hydrogens is 351 g/mol. The summed E-state index contributed by atoms with van der Waals surface area (Å²) in [7, 11) is 0. The molecule has 6 nitrogen and oxygen atoms in total. The number of rotatable bonds is 5. The summed E-state index contributed by atoms with van der Waals surface area (Å²) in [5.74, 6) is -1.79. The van der Waals surface area contributed by atoms with Crippen LogP contribution >= 0.6 is 0 Å². The van der Waals surface area contributed by atoms with Gasteiger partial charge in [-0.15, -0.1) is 0 Å². The van der Waals surface area contributed by atoms with Gasteiger partial charge in [0.25, 0.3) is 5.91 Å². The zero-order valence-electron chi connectivity index (χ0n) is 13.7. The molecule has 0 bridgehead atoms. The summed E-state index contributed by atoms with van der Waals surface area (Å²) in [6.45, 7) is 1.33. The maximum Gasteiger partial charge on any atom is 0.416 e. The Morgan fingerprint density at radius 3 is 2.62 bits per heavy atom. The lowest BCUT2D eigenvalue weighted by molar-refractivity contribution is -0.139. The highest BCUT2D eigenvalue weighted by Crippen LogP contribution is 2.42. The molecule has 1 aromatic heterocycles. The Morgan fingerprint density at radius 1 is 1.35 bits per heavy atom. The number of aromatic nitrogens is 2. The molecule has 9 heteroatoms. The van der Waals surface area contributed by atoms with Gasteiger partial charge in [-0.25, -0.2) is 4.68 Å². The molecule has 2 N–H and O–H groups in total. The number of carboxylic acids is 1. The molecule has 0 aliphatic heterocycles. The summed E-state index contributed by atoms with van der Waals surface area (Å²) in [4.78, 5) is 23.3. The van der Waals surface area contributed by atoms with Gasteiger partial charge in [0, 0.05) is 5.92 Å². The van der Waals surface area contributed by atoms with Crippen LogP contribution in [0.1, 0.15) is 47.3 Å². The number of nitrogens with one attached hydrogen (secondary N) is 1. The zero-order chi connectivity index (χ0) is 19.1. The first kappa shape index (κ1) is 18.0. The molecule has 1 aromatic carbocycles. The smallest absolute Gasteiger partial charge is 0.416 e. The summed E-state index contributed by atoms with van der Waals surface area (Å²) in [5, 5.41) is 15.3. The Balaban J connectivity index is 1.99. The molecule has 1 heterocycles. The van der Waals surface area contributed by atoms with Gasteiger partial charge in [-0.3, -0.25) is 9.59 Å². The van der Waals surface area contributed by atoms with Gasteiger partial charge >= 0.3 is 12.1 Å². The SMILES string of the molecule is C[C@@H](NC(=O)c1cnn(-c2cccc(C(F)(F)F)c2)c1C1CC1)C(=O)O. The Kier molecular flexibility index (Phi) is 4.47. The molecule has 0 unspecified atom stereocenters. The lowest BCUT2D eigenvalue weighted by Gasteiger charge is -2.13. The second-order valence-corrected chi connectivity index (χ2v) is 6.21. The first-order chi connectivity index (χ1) is 12.2. The van der Waals surface area contributed by atoms with Crippen LogP contribution in [0.5, 0.6) is 0 Å². The maximum atomic E-state index is 13.0. The predicted octanol–water partition coefficient (Wildman–Crippen LogP) is 2.97. The van der Waals surface area contributed by atoms with Crippen LogP contribution in [0, 0.1) is 0 Å². The topological polar surface area (TPSA) is 84.2 Å². The lowest BCUT2D eigenvalue weighted by atomic mass is 10.1. The van der Waals surface area contributed by atoms with Crippen LogP contribution in [-0.4, -0.2) is 32.8 Å². The first-order valence-electron chi connectivity index (χ1n) is 7.97. The quantitative estimate of drug-likeness (QED) is 0.851. The van der Waals surface area contributed by atoms with Gasteiger partial charge in [0.05, 0.1) is 28.7 Å². The van der Waals surface area contributed by atoms with E-state index in [1.54, 1.807) is 0 Å². The van der Waals surface area contributed by atoms with E-state index >= 15 is 0 Å². The van der Waals surface area contributed by atoms with Crippen molar-refractivity contribution in [1.29, 1.82) is 0 Å². The number of aliphatic carboxylic acids is 1. The number of carbonyl (C=O) groups excluding carboxylic acids is 1. The van der Waals surface area contributed by atoms with Gasteiger partial charge in [0.15, 0.2) is 0 Å². The molecule has 0 radical (unpaired) electrons. The number of hydrogen-bond donors (Lipinski definition) is 2. The van der Waals surface area contributed by atoms with Crippen molar-refractivity contribution in [3.8, 4) is 5.69 Å². The number of benzene rings is 1. The summed E-state index contributed by atoms with van der Waals surface area (Å²) in [6.07, 6.45) is -1.64. The number of carbonyl (C=O) groups is 2. The molecule has 1 amide bonds. The Hall–Kier alpha value is -2.84. The minimum Gasteiger partial charge on any atom is -0.480 e. The highest BCUT2D eigenvalue weighted by atomic mass is 19.4. The standard InChI is InChI=1S/C17H16F3N3O3/c1-9(16(25)26)22-15(24)13-8-21-23(14(13)10-5-6-10)12-4-2-3-11(7-12)17(18,19)20/h2-4,7-10H,5-6H2,1H3,(H,22,24)(H,25,26)/t9-/m1/s1. The van der Waals surface area contributed by atoms with Crippen LogP contribution in [0.2, 0.25) is 0 Å². The number of halogens is 3. The van der Waals surface area contributed by atoms with E-state index in [1.165, 1.54) is 29.9 Å². The molecule has 1 aliphatic rings. The van der Waals surface area contributed by atoms with Gasteiger partial charge in [0.2, 0.25) is 0 Å². The van der Waals surface area contributed by atoms with Crippen molar-refractivity contribution >= 4 is 11.9 Å². The Labute approximate surface area is 146 Å². The fraction of sp³-hybridized carbons (Fsp3) is 0.353. The summed E-state index contributed by atoms with van der Waals surface area (Å²) < 4.78 is 40.2. The van der Waals surface area contributed by atoms with Crippen LogP contribution in [0.25, 0.3) is 5.69 Å². The average Bonchev–Trinajstić information content (AvgIpc) is 3.31. The van der Waals surface area contributed by atoms with Gasteiger partial charge in [-0.1, -0.05) is 6.07 Å². The summed E-state index contributed by atoms with van der Waals surface area (Å²) >= 11 is 0. The lowest BCUT2D eigenvalue weighted by Crippen LogP contribution is -2.38. The van der Waals surface area contributed by atoms with Crippen molar-refractivity contribution < 1.29 is 27.9 Å². The third kappa shape index (κ3) is 3.56. The van der Waals surface area contributed by atoms with Crippen molar-refractivity contribution in [2.24, 2.45) is 0 Å². The average molecular weight is 367 g/mol. The fourth-order valence-corrected chi connectivity index (χ4v) is 2.64. The Bertz CT molecular complexity index is 856. The second-order valence-electron chi connectivity index (χ2n) is 6.21. The van der Waals surface area contributed by atoms with Gasteiger partial charge in [-0.05, 0) is 38.0 Å². The third-order valence-corrected chi connectivity index (χ3v) is 4.15. The van der Waals surface area contributed by atoms with Crippen LogP contribution in [0.3, 0.4) is 0 Å². The number of alkyl halides is 3. The van der Waals surface area contributed by atoms with E-state index in [1.807, 2.05) is 0 Å². The van der Waals surface area contributed by atoms with Gasteiger partial charge < -0.3 is 10.4 Å². The number of nitrogens with zero attached hydrogens (tertiary/aromatic N) is 2. The zero-order valence-corrected chi connectivity index (χ0v) is 13.7. The van der Waals surface area contributed by atoms with Crippen molar-refractivity contribution in [3.05, 3.63) is 47.3 Å². The van der Waals surface area contributed by atoms with E-state index in [4.69, 9.17) is 5.11 Å². The van der Waals surface area contributed by atoms with Crippen LogP contribution in [0.15, 0.2) is 30.5 Å². The molecule has 1 saturated carbocycles. The molecule has 2 aromatic rings. The number of amides is 1. The van der Waals surface area contributed by atoms with Crippen LogP contribution in [-0.2, 0) is 11.0 Å². The minimum atomic E-state index is -4.49. The van der Waals surface area contributed by atoms with Crippen molar-refractivity contribution in [3.63, 3.8) is 0 Å². The van der Waals surface area contributed by atoms with Crippen molar-refractivity contribution in [2.75, 3.05) is 0 Å². The molecule has 3 rings (SSSR count). The summed E-state index contributed by atoms with van der Waals surface area (Å²) in [6, 6.07) is 3.61. The number of hydrogen-bond acceptors (Lipinski definition) is 3. The molecule has 1 fully saturated rings. The van der Waals surface area contributed by atoms with E-state index in [0.29, 0.717) is 5.69 Å². The molecule has 1 atom stereocenters. The fourth-order valence-electron chi connectivity index (χ4n) is 2.64. The highest BCUT2D eigenvalue weighted by molar-refractivity contribution is 5.97. The highest BCUT2D eigenvalue weighted by Gasteiger charge is 2.35. The number of carboxylic acid groups (broad SMARTS) is 1. The maximum absolute atomic E-state index is 13.0. The van der Waals surface area contributed by atoms with E-state index in [0.717, 1.165) is 25.0 Å². The molecular formula is C17H16F3N3O3. The van der Waals surface area contributed by atoms with E-state index in [-0.39, 0.29) is 17.2 Å². The minimum absolute atomic E-state index is 0.00734. The van der Waals surface area contributed by atoms with Crippen LogP contribution in [0.4, 0.5) is 13.2 Å². The normalized spacial score (nSPS) is 15.5. The first-order valence-corrected chi connectivity index (χ1v) is 7.97. The molecule has 26 heavy (non-hydrogen) atoms. The van der Waals surface area contributed by atoms with Gasteiger partial charge in [-0.2, -0.15) is 18.3 Å². The molecule has 0 spiro atoms. The van der Waals surface area contributed by atoms with Gasteiger partial charge in [0.1, 0.15) is 6.04 Å². The van der Waals surface area contributed by atoms with E-state index in [9.17, 15) is 22.8 Å². The van der Waals surface area contributed by atoms with Crippen molar-refractivity contribution in [2.45, 2.75) is 37.9 Å². The predicted molar refractivity (Wildman–Crippen MR) is 85.1 cm³/mol. The van der Waals surface area contributed by atoms with Crippen molar-refractivity contribution in [1.82, 2.24) is 15.1 Å². The monoisotopic (exact) mass is 367 g/mol. The molecule has 138 valence electrons. The van der Waals surface area contributed by atoms with Crippen LogP contribution < -0.4 is 5.32 Å².